The van der Waals surface area contributed by atoms with Gasteiger partial charge in [0.1, 0.15) is 0 Å². The van der Waals surface area contributed by atoms with E-state index in [0.717, 1.165) is 19.4 Å². The summed E-state index contributed by atoms with van der Waals surface area (Å²) in [6, 6.07) is 8.48. The molecule has 3 nitrogen and oxygen atoms in total. The highest BCUT2D eigenvalue weighted by Gasteiger charge is 2.13. The van der Waals surface area contributed by atoms with Gasteiger partial charge < -0.3 is 5.32 Å². The van der Waals surface area contributed by atoms with Crippen molar-refractivity contribution in [1.82, 2.24) is 15.1 Å². The Morgan fingerprint density at radius 3 is 2.79 bits per heavy atom. The van der Waals surface area contributed by atoms with Gasteiger partial charge in [0.25, 0.3) is 0 Å². The van der Waals surface area contributed by atoms with Gasteiger partial charge in [-0.2, -0.15) is 5.10 Å². The summed E-state index contributed by atoms with van der Waals surface area (Å²) < 4.78 is 3.06. The van der Waals surface area contributed by atoms with E-state index in [9.17, 15) is 0 Å². The van der Waals surface area contributed by atoms with Crippen molar-refractivity contribution < 1.29 is 0 Å². The number of hydrogen-bond donors (Lipinski definition) is 1. The minimum atomic E-state index is 0.515. The zero-order chi connectivity index (χ0) is 13.7. The third-order valence-corrected chi connectivity index (χ3v) is 4.06. The molecule has 102 valence electrons. The highest BCUT2D eigenvalue weighted by Crippen LogP contribution is 2.28. The largest absolute Gasteiger partial charge is 0.319 e. The molecule has 0 radical (unpaired) electrons. The molecule has 1 heterocycles. The van der Waals surface area contributed by atoms with Gasteiger partial charge in [-0.3, -0.25) is 4.68 Å². The predicted octanol–water partition coefficient (Wildman–Crippen LogP) is 3.12. The molecule has 1 aromatic carbocycles. The molecule has 0 aliphatic heterocycles. The van der Waals surface area contributed by atoms with Crippen LogP contribution in [0.3, 0.4) is 0 Å². The van der Waals surface area contributed by atoms with E-state index >= 15 is 0 Å². The van der Waals surface area contributed by atoms with Crippen LogP contribution in [0.15, 0.2) is 41.1 Å². The molecule has 0 aliphatic carbocycles. The number of halogens is 1. The first-order valence-corrected chi connectivity index (χ1v) is 7.36. The molecule has 1 N–H and O–H groups in total. The minimum absolute atomic E-state index is 0.515. The maximum atomic E-state index is 4.22. The van der Waals surface area contributed by atoms with Crippen LogP contribution in [0.4, 0.5) is 0 Å². The van der Waals surface area contributed by atoms with Crippen LogP contribution >= 0.6 is 15.9 Å². The molecule has 0 spiro atoms. The molecule has 0 aliphatic rings. The van der Waals surface area contributed by atoms with Crippen LogP contribution in [-0.4, -0.2) is 23.4 Å². The number of aryl methyl sites for hydroxylation is 2. The first-order valence-electron chi connectivity index (χ1n) is 6.57. The smallest absolute Gasteiger partial charge is 0.0521 e. The van der Waals surface area contributed by atoms with Crippen LogP contribution in [0.5, 0.6) is 0 Å². The van der Waals surface area contributed by atoms with Crippen LogP contribution in [0.1, 0.15) is 23.5 Å². The lowest BCUT2D eigenvalue weighted by Gasteiger charge is -2.18. The molecule has 1 atom stereocenters. The van der Waals surface area contributed by atoms with Crippen molar-refractivity contribution >= 4 is 15.9 Å². The number of aromatic nitrogens is 2. The van der Waals surface area contributed by atoms with Gasteiger partial charge in [-0.25, -0.2) is 0 Å². The number of nitrogens with one attached hydrogen (secondary N) is 1. The maximum Gasteiger partial charge on any atom is 0.0521 e. The molecule has 4 heteroatoms. The molecule has 2 rings (SSSR count). The van der Waals surface area contributed by atoms with E-state index in [0.29, 0.717) is 5.92 Å². The Morgan fingerprint density at radius 1 is 1.37 bits per heavy atom. The van der Waals surface area contributed by atoms with Crippen molar-refractivity contribution in [1.29, 1.82) is 0 Å². The molecule has 1 unspecified atom stereocenters. The normalized spacial score (nSPS) is 12.6. The first kappa shape index (κ1) is 14.3. The Balaban J connectivity index is 2.06. The summed E-state index contributed by atoms with van der Waals surface area (Å²) in [7, 11) is 3.97. The number of rotatable bonds is 6. The van der Waals surface area contributed by atoms with Crippen molar-refractivity contribution in [2.45, 2.75) is 18.8 Å². The maximum absolute atomic E-state index is 4.22. The molecule has 0 fully saturated rings. The summed E-state index contributed by atoms with van der Waals surface area (Å²) in [4.78, 5) is 0. The number of hydrogen-bond acceptors (Lipinski definition) is 2. The highest BCUT2D eigenvalue weighted by molar-refractivity contribution is 9.10. The van der Waals surface area contributed by atoms with Gasteiger partial charge in [0.05, 0.1) is 6.20 Å². The van der Waals surface area contributed by atoms with Crippen molar-refractivity contribution in [3.05, 3.63) is 52.3 Å². The fourth-order valence-corrected chi connectivity index (χ4v) is 2.97. The third kappa shape index (κ3) is 3.91. The molecule has 19 heavy (non-hydrogen) atoms. The van der Waals surface area contributed by atoms with Crippen molar-refractivity contribution in [3.63, 3.8) is 0 Å². The molecule has 1 aromatic heterocycles. The Morgan fingerprint density at radius 2 is 2.16 bits per heavy atom. The van der Waals surface area contributed by atoms with E-state index < -0.39 is 0 Å². The van der Waals surface area contributed by atoms with E-state index in [1.807, 2.05) is 25.0 Å². The van der Waals surface area contributed by atoms with E-state index in [1.54, 1.807) is 0 Å². The second kappa shape index (κ2) is 6.87. The Kier molecular flexibility index (Phi) is 5.16. The SMILES string of the molecule is CNCC(CCc1cnn(C)c1)c1ccccc1Br. The minimum Gasteiger partial charge on any atom is -0.319 e. The quantitative estimate of drug-likeness (QED) is 0.886. The average molecular weight is 322 g/mol. The fraction of sp³-hybridized carbons (Fsp3) is 0.400. The van der Waals surface area contributed by atoms with Crippen molar-refractivity contribution in [2.75, 3.05) is 13.6 Å². The molecule has 0 amide bonds. The number of likely N-dealkylation sites (N-methyl/N-ethyl adjacent to an activating group) is 1. The standard InChI is InChI=1S/C15H20BrN3/c1-17-10-13(14-5-3-4-6-15(14)16)8-7-12-9-18-19(2)11-12/h3-6,9,11,13,17H,7-8,10H2,1-2H3. The second-order valence-corrected chi connectivity index (χ2v) is 5.69. The van der Waals surface area contributed by atoms with Gasteiger partial charge in [-0.1, -0.05) is 34.1 Å². The molecule has 0 bridgehead atoms. The summed E-state index contributed by atoms with van der Waals surface area (Å²) in [5.41, 5.74) is 2.68. The lowest BCUT2D eigenvalue weighted by Crippen LogP contribution is -2.18. The monoisotopic (exact) mass is 321 g/mol. The lowest BCUT2D eigenvalue weighted by atomic mass is 9.93. The second-order valence-electron chi connectivity index (χ2n) is 4.84. The van der Waals surface area contributed by atoms with Gasteiger partial charge in [-0.15, -0.1) is 0 Å². The van der Waals surface area contributed by atoms with Crippen LogP contribution in [-0.2, 0) is 13.5 Å². The van der Waals surface area contributed by atoms with Crippen LogP contribution in [0.2, 0.25) is 0 Å². The van der Waals surface area contributed by atoms with E-state index in [4.69, 9.17) is 0 Å². The molecule has 0 saturated heterocycles. The topological polar surface area (TPSA) is 29.9 Å². The Labute approximate surface area is 123 Å². The summed E-state index contributed by atoms with van der Waals surface area (Å²) >= 11 is 3.65. The Bertz CT molecular complexity index is 522. The van der Waals surface area contributed by atoms with Gasteiger partial charge in [0, 0.05) is 24.3 Å². The zero-order valence-electron chi connectivity index (χ0n) is 11.4. The van der Waals surface area contributed by atoms with Gasteiger partial charge >= 0.3 is 0 Å². The average Bonchev–Trinajstić information content (AvgIpc) is 2.81. The van der Waals surface area contributed by atoms with Gasteiger partial charge in [0.15, 0.2) is 0 Å². The third-order valence-electron chi connectivity index (χ3n) is 3.34. The van der Waals surface area contributed by atoms with Crippen LogP contribution in [0, 0.1) is 0 Å². The summed E-state index contributed by atoms with van der Waals surface area (Å²) in [5, 5.41) is 7.52. The number of benzene rings is 1. The lowest BCUT2D eigenvalue weighted by molar-refractivity contribution is 0.582. The molecule has 2 aromatic rings. The van der Waals surface area contributed by atoms with Crippen LogP contribution < -0.4 is 5.32 Å². The van der Waals surface area contributed by atoms with Crippen LogP contribution in [0.25, 0.3) is 0 Å². The first-order chi connectivity index (χ1) is 9.20. The van der Waals surface area contributed by atoms with E-state index in [2.05, 4.69) is 56.8 Å². The summed E-state index contributed by atoms with van der Waals surface area (Å²) in [5.74, 6) is 0.515. The molecular formula is C15H20BrN3. The van der Waals surface area contributed by atoms with Gasteiger partial charge in [-0.05, 0) is 43.0 Å². The summed E-state index contributed by atoms with van der Waals surface area (Å²) in [6.45, 7) is 0.989. The highest BCUT2D eigenvalue weighted by atomic mass is 79.9. The molecule has 0 saturated carbocycles. The van der Waals surface area contributed by atoms with Crippen molar-refractivity contribution in [3.8, 4) is 0 Å². The fourth-order valence-electron chi connectivity index (χ4n) is 2.36. The molecular weight excluding hydrogens is 302 g/mol. The van der Waals surface area contributed by atoms with Crippen molar-refractivity contribution in [2.24, 2.45) is 7.05 Å². The zero-order valence-corrected chi connectivity index (χ0v) is 13.0. The Hall–Kier alpha value is -1.13. The number of nitrogens with zero attached hydrogens (tertiary/aromatic N) is 2. The summed E-state index contributed by atoms with van der Waals surface area (Å²) in [6.07, 6.45) is 6.23. The van der Waals surface area contributed by atoms with E-state index in [1.165, 1.54) is 15.6 Å². The van der Waals surface area contributed by atoms with E-state index in [-0.39, 0.29) is 0 Å². The predicted molar refractivity (Wildman–Crippen MR) is 82.3 cm³/mol. The van der Waals surface area contributed by atoms with Gasteiger partial charge in [0.2, 0.25) is 0 Å².